The summed E-state index contributed by atoms with van der Waals surface area (Å²) in [6, 6.07) is 12.9. The van der Waals surface area contributed by atoms with Gasteiger partial charge in [-0.05, 0) is 31.6 Å². The highest BCUT2D eigenvalue weighted by Gasteiger charge is 2.53. The zero-order valence-corrected chi connectivity index (χ0v) is 17.5. The summed E-state index contributed by atoms with van der Waals surface area (Å²) in [6.07, 6.45) is 1.61. The molecule has 1 aromatic heterocycles. The molecular formula is C22H17N3O5S. The number of nitro benzene ring substituents is 1. The monoisotopic (exact) mass is 435 g/mol. The molecule has 8 nitrogen and oxygen atoms in total. The fourth-order valence-electron chi connectivity index (χ4n) is 4.44. The van der Waals surface area contributed by atoms with Crippen LogP contribution in [0.5, 0.6) is 5.75 Å². The second kappa shape index (κ2) is 6.71. The van der Waals surface area contributed by atoms with Crippen LogP contribution in [0.4, 0.5) is 5.69 Å². The maximum Gasteiger partial charge on any atom is 0.270 e. The van der Waals surface area contributed by atoms with Gasteiger partial charge in [0.2, 0.25) is 5.72 Å². The fraction of sp³-hybridized carbons (Fsp3) is 0.227. The lowest BCUT2D eigenvalue weighted by Gasteiger charge is -2.45. The minimum absolute atomic E-state index is 0.0535. The maximum absolute atomic E-state index is 13.4. The summed E-state index contributed by atoms with van der Waals surface area (Å²) in [4.78, 5) is 41.8. The van der Waals surface area contributed by atoms with Crippen LogP contribution in [0.2, 0.25) is 0 Å². The summed E-state index contributed by atoms with van der Waals surface area (Å²) in [5.41, 5.74) is -0.157. The Kier molecular flexibility index (Phi) is 4.19. The molecule has 0 N–H and O–H groups in total. The van der Waals surface area contributed by atoms with E-state index in [1.165, 1.54) is 30.4 Å². The van der Waals surface area contributed by atoms with Crippen LogP contribution in [0.15, 0.2) is 58.3 Å². The molecular weight excluding hydrogens is 418 g/mol. The number of thiazole rings is 1. The third-order valence-electron chi connectivity index (χ3n) is 5.70. The van der Waals surface area contributed by atoms with Crippen molar-refractivity contribution in [1.29, 1.82) is 0 Å². The van der Waals surface area contributed by atoms with Crippen molar-refractivity contribution in [1.82, 2.24) is 4.57 Å². The number of hydrogen-bond acceptors (Lipinski definition) is 7. The molecule has 0 amide bonds. The molecule has 0 fully saturated rings. The SMILES string of the molecule is CC(=O)C1C2c3ccccc3OC1(C)N=c1sc(=Cc3cccc([N+](=O)[O-])c3)c(=O)n12. The largest absolute Gasteiger partial charge is 0.465 e. The molecule has 2 aliphatic rings. The van der Waals surface area contributed by atoms with E-state index in [0.29, 0.717) is 20.6 Å². The molecule has 2 aliphatic heterocycles. The average Bonchev–Trinajstić information content (AvgIpc) is 3.01. The molecule has 0 radical (unpaired) electrons. The minimum atomic E-state index is -1.12. The number of aromatic nitrogens is 1. The summed E-state index contributed by atoms with van der Waals surface area (Å²) in [6.45, 7) is 3.25. The van der Waals surface area contributed by atoms with Crippen LogP contribution < -0.4 is 19.6 Å². The van der Waals surface area contributed by atoms with Gasteiger partial charge >= 0.3 is 0 Å². The third kappa shape index (κ3) is 2.92. The van der Waals surface area contributed by atoms with Crippen molar-refractivity contribution in [2.24, 2.45) is 10.9 Å². The first kappa shape index (κ1) is 19.4. The van der Waals surface area contributed by atoms with Gasteiger partial charge in [0.1, 0.15) is 17.5 Å². The number of nitrogens with zero attached hydrogens (tertiary/aromatic N) is 3. The second-order valence-electron chi connectivity index (χ2n) is 7.76. The minimum Gasteiger partial charge on any atom is -0.465 e. The van der Waals surface area contributed by atoms with Crippen LogP contribution in [-0.2, 0) is 4.79 Å². The van der Waals surface area contributed by atoms with Gasteiger partial charge in [0, 0.05) is 17.7 Å². The number of non-ortho nitro benzene ring substituents is 1. The number of fused-ring (bicyclic) bond motifs is 6. The van der Waals surface area contributed by atoms with E-state index in [4.69, 9.17) is 4.74 Å². The number of Topliss-reactive ketones (excluding diaryl/α,β-unsaturated/α-hetero) is 1. The van der Waals surface area contributed by atoms with Gasteiger partial charge in [-0.1, -0.05) is 41.7 Å². The smallest absolute Gasteiger partial charge is 0.270 e. The first-order valence-corrected chi connectivity index (χ1v) is 10.5. The second-order valence-corrected chi connectivity index (χ2v) is 8.77. The molecule has 3 atom stereocenters. The summed E-state index contributed by atoms with van der Waals surface area (Å²) in [5, 5.41) is 11.1. The molecule has 31 heavy (non-hydrogen) atoms. The molecule has 9 heteroatoms. The number of ketones is 1. The summed E-state index contributed by atoms with van der Waals surface area (Å²) in [5.74, 6) is -0.157. The van der Waals surface area contributed by atoms with E-state index < -0.39 is 22.6 Å². The molecule has 5 rings (SSSR count). The third-order valence-corrected chi connectivity index (χ3v) is 6.68. The molecule has 2 aromatic carbocycles. The molecule has 3 unspecified atom stereocenters. The quantitative estimate of drug-likeness (QED) is 0.463. The van der Waals surface area contributed by atoms with Crippen molar-refractivity contribution >= 4 is 28.9 Å². The van der Waals surface area contributed by atoms with Crippen molar-refractivity contribution in [2.45, 2.75) is 25.6 Å². The summed E-state index contributed by atoms with van der Waals surface area (Å²) in [7, 11) is 0. The van der Waals surface area contributed by atoms with E-state index in [1.54, 1.807) is 29.7 Å². The first-order chi connectivity index (χ1) is 14.8. The molecule has 0 spiro atoms. The molecule has 3 aromatic rings. The van der Waals surface area contributed by atoms with Crippen molar-refractivity contribution in [3.05, 3.63) is 89.5 Å². The van der Waals surface area contributed by atoms with E-state index in [1.807, 2.05) is 24.3 Å². The fourth-order valence-corrected chi connectivity index (χ4v) is 5.53. The summed E-state index contributed by atoms with van der Waals surface area (Å²) < 4.78 is 8.09. The highest BCUT2D eigenvalue weighted by Crippen LogP contribution is 2.47. The van der Waals surface area contributed by atoms with Gasteiger partial charge in [0.05, 0.1) is 15.5 Å². The van der Waals surface area contributed by atoms with Crippen LogP contribution in [0.1, 0.15) is 31.0 Å². The summed E-state index contributed by atoms with van der Waals surface area (Å²) >= 11 is 1.18. The van der Waals surface area contributed by atoms with E-state index in [2.05, 4.69) is 4.99 Å². The number of carbonyl (C=O) groups is 1. The highest BCUT2D eigenvalue weighted by molar-refractivity contribution is 7.07. The van der Waals surface area contributed by atoms with Gasteiger partial charge in [-0.15, -0.1) is 0 Å². The Labute approximate surface area is 179 Å². The van der Waals surface area contributed by atoms with Crippen molar-refractivity contribution < 1.29 is 14.5 Å². The standard InChI is InChI=1S/C22H17N3O5S/c1-12(26)18-19-15-8-3-4-9-16(15)30-22(18,2)23-21-24(19)20(27)17(31-21)11-13-6-5-7-14(10-13)25(28)29/h3-11,18-19H,1-2H3. The highest BCUT2D eigenvalue weighted by atomic mass is 32.1. The molecule has 3 heterocycles. The molecule has 2 bridgehead atoms. The average molecular weight is 435 g/mol. The van der Waals surface area contributed by atoms with Crippen LogP contribution in [-0.4, -0.2) is 21.0 Å². The Hall–Kier alpha value is -3.59. The van der Waals surface area contributed by atoms with Gasteiger partial charge in [0.15, 0.2) is 4.80 Å². The number of carbonyl (C=O) groups excluding carboxylic acids is 1. The van der Waals surface area contributed by atoms with Gasteiger partial charge in [-0.3, -0.25) is 24.3 Å². The van der Waals surface area contributed by atoms with Crippen LogP contribution in [0.3, 0.4) is 0 Å². The lowest BCUT2D eigenvalue weighted by atomic mass is 9.79. The van der Waals surface area contributed by atoms with Crippen molar-refractivity contribution in [3.63, 3.8) is 0 Å². The molecule has 0 aliphatic carbocycles. The van der Waals surface area contributed by atoms with E-state index in [0.717, 1.165) is 5.56 Å². The van der Waals surface area contributed by atoms with Gasteiger partial charge in [-0.2, -0.15) is 0 Å². The van der Waals surface area contributed by atoms with E-state index in [9.17, 15) is 19.7 Å². The Morgan fingerprint density at radius 1 is 1.29 bits per heavy atom. The molecule has 156 valence electrons. The predicted octanol–water partition coefficient (Wildman–Crippen LogP) is 2.18. The Morgan fingerprint density at radius 3 is 2.81 bits per heavy atom. The zero-order valence-electron chi connectivity index (χ0n) is 16.6. The number of ether oxygens (including phenoxy) is 1. The number of hydrogen-bond donors (Lipinski definition) is 0. The zero-order chi connectivity index (χ0) is 21.9. The number of para-hydroxylation sites is 1. The lowest BCUT2D eigenvalue weighted by molar-refractivity contribution is -0.384. The Morgan fingerprint density at radius 2 is 2.06 bits per heavy atom. The number of benzene rings is 2. The molecule has 0 saturated heterocycles. The van der Waals surface area contributed by atoms with Crippen molar-refractivity contribution in [3.8, 4) is 5.75 Å². The van der Waals surface area contributed by atoms with E-state index >= 15 is 0 Å². The van der Waals surface area contributed by atoms with Crippen LogP contribution in [0.25, 0.3) is 6.08 Å². The lowest BCUT2D eigenvalue weighted by Crippen LogP contribution is -2.58. The Bertz CT molecular complexity index is 1440. The van der Waals surface area contributed by atoms with Gasteiger partial charge in [0.25, 0.3) is 11.2 Å². The van der Waals surface area contributed by atoms with Crippen molar-refractivity contribution in [2.75, 3.05) is 0 Å². The normalized spacial score (nSPS) is 23.9. The topological polar surface area (TPSA) is 104 Å². The number of rotatable bonds is 3. The predicted molar refractivity (Wildman–Crippen MR) is 114 cm³/mol. The molecule has 0 saturated carbocycles. The maximum atomic E-state index is 13.4. The van der Waals surface area contributed by atoms with Gasteiger partial charge in [-0.25, -0.2) is 4.99 Å². The van der Waals surface area contributed by atoms with Crippen LogP contribution in [0, 0.1) is 16.0 Å². The van der Waals surface area contributed by atoms with E-state index in [-0.39, 0.29) is 17.0 Å². The van der Waals surface area contributed by atoms with Gasteiger partial charge < -0.3 is 4.74 Å². The Balaban J connectivity index is 1.77. The number of nitro groups is 1. The first-order valence-electron chi connectivity index (χ1n) is 9.64. The van der Waals surface area contributed by atoms with Crippen LogP contribution >= 0.6 is 11.3 Å².